The van der Waals surface area contributed by atoms with Crippen molar-refractivity contribution < 1.29 is 109 Å². The predicted octanol–water partition coefficient (Wildman–Crippen LogP) is 6.50. The van der Waals surface area contributed by atoms with Crippen LogP contribution in [0, 0.1) is 24.7 Å². The smallest absolute Gasteiger partial charge is 0.338 e. The molecule has 11 rings (SSSR count). The molecule has 4 aliphatic heterocycles. The first-order valence-electron chi connectivity index (χ1n) is 34.0. The van der Waals surface area contributed by atoms with Crippen molar-refractivity contribution in [2.45, 2.75) is 185 Å². The molecule has 0 amide bonds. The van der Waals surface area contributed by atoms with Crippen LogP contribution in [0.15, 0.2) is 140 Å². The Morgan fingerprint density at radius 1 is 0.443 bits per heavy atom. The third kappa shape index (κ3) is 19.1. The number of hydrogen-bond donors (Lipinski definition) is 0. The molecule has 34 heteroatoms. The monoisotopic (exact) mass is 1510 g/mol. The van der Waals surface area contributed by atoms with Gasteiger partial charge in [-0.1, -0.05) is 109 Å². The summed E-state index contributed by atoms with van der Waals surface area (Å²) >= 11 is 13.5. The number of hydrogen-bond acceptors (Lipinski definition) is 29. The molecule has 7 aromatic rings. The van der Waals surface area contributed by atoms with Crippen LogP contribution in [0.5, 0.6) is 0 Å². The van der Waals surface area contributed by atoms with E-state index in [1.54, 1.807) is 166 Å². The topological polar surface area (TPSA) is 367 Å². The standard InChI is InChI=1S/C72H79Cl2N9O23/c1-39-29-81(78-75-39)32-53-40(2)58(101-65(88)47-21-13-9-14-22-47)61(103-67(90)49-25-17-11-18-26-49)69(98-53)93-35-51-30-82(79-76-51)33-54-41(3)59(102-66(89)48-23-15-10-16-24-48)62(104-68(91)50-27-19-12-20-28-50)70(99-54)94-36-52-31-83(80-77-52)34-55-42(4)64(97-46(8)87)72(38-73,105-55)106-71-63(96-45(7)86)60(95-44(6)85)57(74)56(100-71)37-92-43(5)84/h9-31,40-42,53-64,69-71H,32-38H2,1-8H3/t40-,41-,42-,53-,54-,55-,56-,57+,58+,59+,60+,61+,62+,63?,64+,69+,70+,71-,72?/m1/s1. The second-order valence-electron chi connectivity index (χ2n) is 25.9. The Morgan fingerprint density at radius 3 is 1.22 bits per heavy atom. The minimum atomic E-state index is -2.08. The van der Waals surface area contributed by atoms with Crippen LogP contribution < -0.4 is 0 Å². The van der Waals surface area contributed by atoms with Crippen LogP contribution in [-0.4, -0.2) is 202 Å². The number of ether oxygens (including phenoxy) is 15. The van der Waals surface area contributed by atoms with E-state index in [-0.39, 0.29) is 66.5 Å². The third-order valence-electron chi connectivity index (χ3n) is 18.0. The number of rotatable bonds is 28. The van der Waals surface area contributed by atoms with Crippen molar-refractivity contribution in [1.29, 1.82) is 0 Å². The van der Waals surface area contributed by atoms with Crippen LogP contribution >= 0.6 is 23.2 Å². The van der Waals surface area contributed by atoms with E-state index >= 15 is 0 Å². The van der Waals surface area contributed by atoms with E-state index in [0.29, 0.717) is 5.69 Å². The van der Waals surface area contributed by atoms with E-state index < -0.39 is 175 Å². The van der Waals surface area contributed by atoms with Gasteiger partial charge in [-0.05, 0) is 55.5 Å². The highest BCUT2D eigenvalue weighted by atomic mass is 35.5. The Balaban J connectivity index is 0.846. The number of benzene rings is 4. The summed E-state index contributed by atoms with van der Waals surface area (Å²) in [6.45, 7) is 10.4. The summed E-state index contributed by atoms with van der Waals surface area (Å²) in [5.74, 6) is -10.8. The Morgan fingerprint density at radius 2 is 0.821 bits per heavy atom. The van der Waals surface area contributed by atoms with E-state index in [1.807, 2.05) is 0 Å². The first-order chi connectivity index (χ1) is 50.9. The van der Waals surface area contributed by atoms with Crippen LogP contribution in [0.1, 0.15) is 107 Å². The fraction of sp³-hybridized carbons (Fsp3) is 0.472. The summed E-state index contributed by atoms with van der Waals surface area (Å²) in [7, 11) is 0. The molecule has 4 aromatic carbocycles. The van der Waals surface area contributed by atoms with Gasteiger partial charge >= 0.3 is 47.8 Å². The van der Waals surface area contributed by atoms with Crippen molar-refractivity contribution in [1.82, 2.24) is 45.0 Å². The van der Waals surface area contributed by atoms with E-state index in [4.69, 9.17) is 94.3 Å². The minimum absolute atomic E-state index is 0.0812. The lowest BCUT2D eigenvalue weighted by molar-refractivity contribution is -0.359. The number of carbonyl (C=O) groups excluding carboxylic acids is 8. The average molecular weight is 1510 g/mol. The summed E-state index contributed by atoms with van der Waals surface area (Å²) < 4.78 is 97.6. The maximum absolute atomic E-state index is 14.2. The van der Waals surface area contributed by atoms with E-state index in [9.17, 15) is 38.4 Å². The van der Waals surface area contributed by atoms with Crippen LogP contribution in [0.3, 0.4) is 0 Å². The zero-order valence-corrected chi connectivity index (χ0v) is 60.3. The fourth-order valence-corrected chi connectivity index (χ4v) is 13.4. The Bertz CT molecular complexity index is 4160. The SMILES string of the molecule is CC(=O)OC[C@H]1O[C@H](OC2(CCl)O[C@H](Cn3cc(CO[C@H]4O[C@H](Cn5cc(CO[C@H]6O[C@H](Cn7cc(C)nn7)[C@@H](C)[C@H](OC(=O)c7ccccc7)[C@@H]6OC(=O)c6ccccc6)nn5)[C@@H](C)[C@H](OC(=O)c5ccccc5)[C@@H]4OC(=O)c4ccccc4)nn3)[C@@H](C)[C@@H]2OC(C)=O)C(OC(C)=O)[C@@H](OC(C)=O)[C@H]1Cl. The van der Waals surface area contributed by atoms with Gasteiger partial charge in [-0.25, -0.2) is 33.2 Å². The first-order valence-corrected chi connectivity index (χ1v) is 35.0. The molecule has 2 unspecified atom stereocenters. The normalized spacial score (nSPS) is 28.5. The van der Waals surface area contributed by atoms with Crippen molar-refractivity contribution in [2.75, 3.05) is 12.5 Å². The lowest BCUT2D eigenvalue weighted by Crippen LogP contribution is -2.63. The average Bonchev–Trinajstić information content (AvgIpc) is 1.58. The van der Waals surface area contributed by atoms with E-state index in [1.165, 1.54) is 22.5 Å². The molecule has 4 aliphatic rings. The van der Waals surface area contributed by atoms with Crippen LogP contribution in [0.25, 0.3) is 0 Å². The van der Waals surface area contributed by atoms with Crippen molar-refractivity contribution in [2.24, 2.45) is 17.8 Å². The van der Waals surface area contributed by atoms with Gasteiger partial charge in [0.1, 0.15) is 41.7 Å². The molecule has 0 bridgehead atoms. The Labute approximate surface area is 617 Å². The number of alkyl halides is 2. The number of nitrogens with zero attached hydrogens (tertiary/aromatic N) is 9. The zero-order valence-electron chi connectivity index (χ0n) is 58.8. The predicted molar refractivity (Wildman–Crippen MR) is 363 cm³/mol. The lowest BCUT2D eigenvalue weighted by Gasteiger charge is -2.45. The molecular formula is C72H79Cl2N9O23. The van der Waals surface area contributed by atoms with Gasteiger partial charge in [0.25, 0.3) is 0 Å². The molecule has 0 spiro atoms. The van der Waals surface area contributed by atoms with Crippen molar-refractivity contribution in [3.8, 4) is 0 Å². The molecular weight excluding hydrogens is 1430 g/mol. The molecule has 0 saturated carbocycles. The van der Waals surface area contributed by atoms with E-state index in [0.717, 1.165) is 20.8 Å². The van der Waals surface area contributed by atoms with Crippen LogP contribution in [-0.2, 0) is 123 Å². The van der Waals surface area contributed by atoms with Gasteiger partial charge in [-0.2, -0.15) is 0 Å². The molecule has 4 saturated heterocycles. The van der Waals surface area contributed by atoms with Crippen molar-refractivity contribution in [3.05, 3.63) is 179 Å². The molecule has 7 heterocycles. The minimum Gasteiger partial charge on any atom is -0.463 e. The van der Waals surface area contributed by atoms with Crippen molar-refractivity contribution in [3.63, 3.8) is 0 Å². The van der Waals surface area contributed by atoms with Crippen molar-refractivity contribution >= 4 is 71.0 Å². The number of esters is 8. The molecule has 564 valence electrons. The Kier molecular flexibility index (Phi) is 25.7. The lowest BCUT2D eigenvalue weighted by atomic mass is 9.90. The highest BCUT2D eigenvalue weighted by molar-refractivity contribution is 6.21. The summed E-state index contributed by atoms with van der Waals surface area (Å²) in [6, 6.07) is 33.0. The number of carbonyl (C=O) groups is 8. The van der Waals surface area contributed by atoms with Gasteiger partial charge in [0, 0.05) is 51.6 Å². The van der Waals surface area contributed by atoms with Gasteiger partial charge in [0.05, 0.1) is 97.4 Å². The molecule has 0 aliphatic carbocycles. The summed E-state index contributed by atoms with van der Waals surface area (Å²) in [5, 5.41) is 24.7. The molecule has 0 N–H and O–H groups in total. The molecule has 0 radical (unpaired) electrons. The molecule has 32 nitrogen and oxygen atoms in total. The summed E-state index contributed by atoms with van der Waals surface area (Å²) in [4.78, 5) is 106. The number of halogens is 2. The highest BCUT2D eigenvalue weighted by Crippen LogP contribution is 2.44. The Hall–Kier alpha value is -9.64. The maximum atomic E-state index is 14.2. The van der Waals surface area contributed by atoms with Crippen LogP contribution in [0.4, 0.5) is 0 Å². The third-order valence-corrected chi connectivity index (χ3v) is 18.9. The zero-order chi connectivity index (χ0) is 75.3. The van der Waals surface area contributed by atoms with E-state index in [2.05, 4.69) is 30.9 Å². The summed E-state index contributed by atoms with van der Waals surface area (Å²) in [5.41, 5.74) is 1.95. The number of aryl methyl sites for hydroxylation is 1. The van der Waals surface area contributed by atoms with Gasteiger partial charge in [0.2, 0.25) is 12.1 Å². The molecule has 3 aromatic heterocycles. The fourth-order valence-electron chi connectivity index (χ4n) is 12.8. The second-order valence-corrected chi connectivity index (χ2v) is 26.6. The molecule has 106 heavy (non-hydrogen) atoms. The summed E-state index contributed by atoms with van der Waals surface area (Å²) in [6.07, 6.45) is -13.1. The van der Waals surface area contributed by atoms with Gasteiger partial charge < -0.3 is 71.1 Å². The van der Waals surface area contributed by atoms with Gasteiger partial charge in [0.15, 0.2) is 43.1 Å². The van der Waals surface area contributed by atoms with Gasteiger partial charge in [-0.3, -0.25) is 19.2 Å². The quantitative estimate of drug-likeness (QED) is 0.0286. The van der Waals surface area contributed by atoms with Crippen LogP contribution in [0.2, 0.25) is 0 Å². The first kappa shape index (κ1) is 77.5. The molecule has 4 fully saturated rings. The number of aromatic nitrogens is 9. The maximum Gasteiger partial charge on any atom is 0.338 e. The second kappa shape index (κ2) is 35.2. The van der Waals surface area contributed by atoms with Gasteiger partial charge in [-0.15, -0.1) is 38.5 Å². The highest BCUT2D eigenvalue weighted by Gasteiger charge is 2.61. The molecule has 19 atom stereocenters. The largest absolute Gasteiger partial charge is 0.463 e.